The SMILES string of the molecule is CCCC(C)NC(=O)C(c1ccc(CC)cc1)N(C(=O)C(CS)NC(=O)OC(C)(C)C)C(C)C. The van der Waals surface area contributed by atoms with Crippen LogP contribution < -0.4 is 10.6 Å². The predicted molar refractivity (Wildman–Crippen MR) is 140 cm³/mol. The monoisotopic (exact) mass is 493 g/mol. The van der Waals surface area contributed by atoms with Crippen LogP contribution in [0.4, 0.5) is 4.79 Å². The van der Waals surface area contributed by atoms with E-state index in [-0.39, 0.29) is 23.7 Å². The number of carbonyl (C=O) groups is 3. The Morgan fingerprint density at radius 1 is 1.03 bits per heavy atom. The fourth-order valence-electron chi connectivity index (χ4n) is 3.70. The summed E-state index contributed by atoms with van der Waals surface area (Å²) in [5.41, 5.74) is 1.16. The molecule has 34 heavy (non-hydrogen) atoms. The number of nitrogens with zero attached hydrogens (tertiary/aromatic N) is 1. The van der Waals surface area contributed by atoms with Crippen molar-refractivity contribution >= 4 is 30.5 Å². The highest BCUT2D eigenvalue weighted by Crippen LogP contribution is 2.26. The van der Waals surface area contributed by atoms with Crippen molar-refractivity contribution in [3.8, 4) is 0 Å². The molecule has 0 heterocycles. The molecule has 192 valence electrons. The molecule has 8 heteroatoms. The zero-order valence-corrected chi connectivity index (χ0v) is 22.9. The van der Waals surface area contributed by atoms with Crippen LogP contribution in [0.2, 0.25) is 0 Å². The van der Waals surface area contributed by atoms with Crippen molar-refractivity contribution in [2.75, 3.05) is 5.75 Å². The van der Waals surface area contributed by atoms with Crippen molar-refractivity contribution in [1.82, 2.24) is 15.5 Å². The second-order valence-electron chi connectivity index (χ2n) is 9.92. The number of thiol groups is 1. The Hall–Kier alpha value is -2.22. The molecule has 0 aliphatic rings. The number of alkyl carbamates (subject to hydrolysis) is 1. The summed E-state index contributed by atoms with van der Waals surface area (Å²) in [6.45, 7) is 15.1. The Morgan fingerprint density at radius 3 is 2.06 bits per heavy atom. The largest absolute Gasteiger partial charge is 0.444 e. The number of aryl methyl sites for hydroxylation is 1. The van der Waals surface area contributed by atoms with Crippen LogP contribution in [0.25, 0.3) is 0 Å². The molecule has 0 radical (unpaired) electrons. The molecule has 0 fully saturated rings. The fourth-order valence-corrected chi connectivity index (χ4v) is 3.94. The quantitative estimate of drug-likeness (QED) is 0.392. The second kappa shape index (κ2) is 13.6. The van der Waals surface area contributed by atoms with Crippen LogP contribution in [0.3, 0.4) is 0 Å². The van der Waals surface area contributed by atoms with Gasteiger partial charge in [-0.3, -0.25) is 9.59 Å². The molecule has 3 amide bonds. The molecule has 3 unspecified atom stereocenters. The summed E-state index contributed by atoms with van der Waals surface area (Å²) in [5.74, 6) is -0.572. The van der Waals surface area contributed by atoms with Gasteiger partial charge in [0.1, 0.15) is 17.7 Å². The van der Waals surface area contributed by atoms with Gasteiger partial charge in [0.05, 0.1) is 0 Å². The molecule has 1 rings (SSSR count). The molecule has 0 aliphatic carbocycles. The van der Waals surface area contributed by atoms with Crippen molar-refractivity contribution in [3.05, 3.63) is 35.4 Å². The first-order valence-corrected chi connectivity index (χ1v) is 12.8. The number of nitrogens with one attached hydrogen (secondary N) is 2. The van der Waals surface area contributed by atoms with E-state index in [1.165, 1.54) is 4.90 Å². The second-order valence-corrected chi connectivity index (χ2v) is 10.3. The van der Waals surface area contributed by atoms with Gasteiger partial charge in [-0.15, -0.1) is 0 Å². The van der Waals surface area contributed by atoms with Gasteiger partial charge in [-0.1, -0.05) is 44.5 Å². The topological polar surface area (TPSA) is 87.7 Å². The third kappa shape index (κ3) is 9.20. The lowest BCUT2D eigenvalue weighted by molar-refractivity contribution is -0.144. The third-order valence-electron chi connectivity index (χ3n) is 5.32. The number of hydrogen-bond acceptors (Lipinski definition) is 5. The average Bonchev–Trinajstić information content (AvgIpc) is 2.73. The highest BCUT2D eigenvalue weighted by atomic mass is 32.1. The summed E-state index contributed by atoms with van der Waals surface area (Å²) in [6, 6.07) is 5.62. The average molecular weight is 494 g/mol. The van der Waals surface area contributed by atoms with Crippen LogP contribution in [0.15, 0.2) is 24.3 Å². The van der Waals surface area contributed by atoms with Crippen LogP contribution >= 0.6 is 12.6 Å². The summed E-state index contributed by atoms with van der Waals surface area (Å²) >= 11 is 4.30. The van der Waals surface area contributed by atoms with Crippen molar-refractivity contribution < 1.29 is 19.1 Å². The van der Waals surface area contributed by atoms with Gasteiger partial charge in [-0.2, -0.15) is 12.6 Å². The van der Waals surface area contributed by atoms with Gasteiger partial charge in [0.15, 0.2) is 0 Å². The third-order valence-corrected chi connectivity index (χ3v) is 5.69. The highest BCUT2D eigenvalue weighted by molar-refractivity contribution is 7.80. The maximum atomic E-state index is 13.7. The van der Waals surface area contributed by atoms with Crippen molar-refractivity contribution in [1.29, 1.82) is 0 Å². The molecule has 3 atom stereocenters. The van der Waals surface area contributed by atoms with E-state index >= 15 is 0 Å². The first kappa shape index (κ1) is 29.8. The van der Waals surface area contributed by atoms with Crippen LogP contribution in [0.1, 0.15) is 85.4 Å². The zero-order chi connectivity index (χ0) is 26.1. The standard InChI is InChI=1S/C26H43N3O4S/c1-9-11-18(5)27-23(30)22(20-14-12-19(10-2)13-15-20)29(17(3)4)24(31)21(16-34)28-25(32)33-26(6,7)8/h12-15,17-18,21-22,34H,9-11,16H2,1-8H3,(H,27,30)(H,28,32). The summed E-state index contributed by atoms with van der Waals surface area (Å²) in [7, 11) is 0. The molecule has 0 aliphatic heterocycles. The number of benzene rings is 1. The number of amides is 3. The lowest BCUT2D eigenvalue weighted by Gasteiger charge is -2.37. The van der Waals surface area contributed by atoms with Crippen molar-refractivity contribution in [3.63, 3.8) is 0 Å². The van der Waals surface area contributed by atoms with Gasteiger partial charge in [0, 0.05) is 17.8 Å². The molecule has 0 aromatic heterocycles. The minimum atomic E-state index is -0.945. The number of hydrogen-bond donors (Lipinski definition) is 3. The van der Waals surface area contributed by atoms with E-state index in [1.807, 2.05) is 45.0 Å². The van der Waals surface area contributed by atoms with Crippen molar-refractivity contribution in [2.45, 2.75) is 104 Å². The van der Waals surface area contributed by atoms with E-state index in [0.717, 1.165) is 30.4 Å². The first-order valence-electron chi connectivity index (χ1n) is 12.2. The van der Waals surface area contributed by atoms with Gasteiger partial charge in [0.25, 0.3) is 0 Å². The Bertz CT molecular complexity index is 805. The van der Waals surface area contributed by atoms with Gasteiger partial charge < -0.3 is 20.3 Å². The highest BCUT2D eigenvalue weighted by Gasteiger charge is 2.37. The fraction of sp³-hybridized carbons (Fsp3) is 0.654. The molecule has 0 spiro atoms. The number of ether oxygens (including phenoxy) is 1. The lowest BCUT2D eigenvalue weighted by atomic mass is 9.99. The normalized spacial score (nSPS) is 14.2. The molecule has 1 aromatic rings. The van der Waals surface area contributed by atoms with Crippen LogP contribution in [-0.4, -0.2) is 52.3 Å². The molecule has 1 aromatic carbocycles. The van der Waals surface area contributed by atoms with E-state index in [4.69, 9.17) is 4.74 Å². The molecule has 7 nitrogen and oxygen atoms in total. The van der Waals surface area contributed by atoms with E-state index in [9.17, 15) is 14.4 Å². The maximum Gasteiger partial charge on any atom is 0.408 e. The summed E-state index contributed by atoms with van der Waals surface area (Å²) < 4.78 is 5.32. The molecule has 0 saturated heterocycles. The molecule has 0 saturated carbocycles. The van der Waals surface area contributed by atoms with Gasteiger partial charge >= 0.3 is 6.09 Å². The summed E-state index contributed by atoms with van der Waals surface area (Å²) in [5, 5.41) is 5.69. The minimum absolute atomic E-state index is 0.0282. The number of carbonyl (C=O) groups excluding carboxylic acids is 3. The Balaban J connectivity index is 3.36. The first-order chi connectivity index (χ1) is 15.8. The summed E-state index contributed by atoms with van der Waals surface area (Å²) in [6.07, 6.45) is 1.95. The number of rotatable bonds is 11. The van der Waals surface area contributed by atoms with E-state index in [2.05, 4.69) is 37.1 Å². The predicted octanol–water partition coefficient (Wildman–Crippen LogP) is 4.66. The Morgan fingerprint density at radius 2 is 1.62 bits per heavy atom. The lowest BCUT2D eigenvalue weighted by Crippen LogP contribution is -2.56. The maximum absolute atomic E-state index is 13.7. The van der Waals surface area contributed by atoms with Crippen LogP contribution in [0.5, 0.6) is 0 Å². The Kier molecular flexibility index (Phi) is 11.9. The van der Waals surface area contributed by atoms with E-state index in [1.54, 1.807) is 20.8 Å². The van der Waals surface area contributed by atoms with Gasteiger partial charge in [-0.05, 0) is 65.5 Å². The van der Waals surface area contributed by atoms with E-state index < -0.39 is 29.7 Å². The Labute approximate surface area is 210 Å². The van der Waals surface area contributed by atoms with Gasteiger partial charge in [-0.25, -0.2) is 4.79 Å². The minimum Gasteiger partial charge on any atom is -0.444 e. The molecule has 0 bridgehead atoms. The molecular weight excluding hydrogens is 450 g/mol. The van der Waals surface area contributed by atoms with Crippen LogP contribution in [0, 0.1) is 0 Å². The zero-order valence-electron chi connectivity index (χ0n) is 22.0. The molecular formula is C26H43N3O4S. The summed E-state index contributed by atoms with van der Waals surface area (Å²) in [4.78, 5) is 41.1. The van der Waals surface area contributed by atoms with Crippen molar-refractivity contribution in [2.24, 2.45) is 0 Å². The van der Waals surface area contributed by atoms with E-state index in [0.29, 0.717) is 0 Å². The molecule has 2 N–H and O–H groups in total. The van der Waals surface area contributed by atoms with Crippen LogP contribution in [-0.2, 0) is 20.7 Å². The van der Waals surface area contributed by atoms with Gasteiger partial charge in [0.2, 0.25) is 11.8 Å². The smallest absolute Gasteiger partial charge is 0.408 e.